The summed E-state index contributed by atoms with van der Waals surface area (Å²) < 4.78 is 32.9. The minimum absolute atomic E-state index is 0.140. The lowest BCUT2D eigenvalue weighted by Gasteiger charge is -2.20. The summed E-state index contributed by atoms with van der Waals surface area (Å²) in [7, 11) is -3.50. The van der Waals surface area contributed by atoms with Crippen molar-refractivity contribution in [1.29, 1.82) is 0 Å². The zero-order valence-electron chi connectivity index (χ0n) is 18.4. The van der Waals surface area contributed by atoms with Gasteiger partial charge in [0.25, 0.3) is 5.91 Å². The van der Waals surface area contributed by atoms with Gasteiger partial charge in [-0.1, -0.05) is 55.3 Å². The Morgan fingerprint density at radius 3 is 2.03 bits per heavy atom. The Labute approximate surface area is 195 Å². The van der Waals surface area contributed by atoms with Crippen molar-refractivity contribution in [3.05, 3.63) is 78.9 Å². The molecule has 3 aromatic rings. The van der Waals surface area contributed by atoms with Gasteiger partial charge in [0.05, 0.1) is 4.90 Å². The molecule has 0 aromatic heterocycles. The first-order valence-electron chi connectivity index (χ1n) is 11.2. The number of hydrogen-bond acceptors (Lipinski definition) is 4. The molecular formula is C26H28N2O4S. The number of carbonyl (C=O) groups is 1. The molecule has 6 nitrogen and oxygen atoms in total. The van der Waals surface area contributed by atoms with Gasteiger partial charge >= 0.3 is 0 Å². The van der Waals surface area contributed by atoms with Crippen molar-refractivity contribution in [3.63, 3.8) is 0 Å². The van der Waals surface area contributed by atoms with Crippen LogP contribution in [0.3, 0.4) is 0 Å². The summed E-state index contributed by atoms with van der Waals surface area (Å²) >= 11 is 0. The second kappa shape index (κ2) is 10.6. The maximum atomic E-state index is 12.9. The van der Waals surface area contributed by atoms with E-state index in [-0.39, 0.29) is 17.4 Å². The fourth-order valence-electron chi connectivity index (χ4n) is 3.86. The third kappa shape index (κ3) is 6.00. The monoisotopic (exact) mass is 464 g/mol. The first-order valence-corrected chi connectivity index (χ1v) is 12.6. The fraction of sp³-hybridized carbons (Fsp3) is 0.269. The van der Waals surface area contributed by atoms with Gasteiger partial charge in [0.1, 0.15) is 5.75 Å². The number of hydrogen-bond donors (Lipinski definition) is 1. The van der Waals surface area contributed by atoms with E-state index in [2.05, 4.69) is 5.32 Å². The molecule has 1 aliphatic heterocycles. The molecule has 0 spiro atoms. The lowest BCUT2D eigenvalue weighted by Crippen LogP contribution is -2.31. The molecule has 1 fully saturated rings. The smallest absolute Gasteiger partial charge is 0.262 e. The molecule has 1 saturated heterocycles. The SMILES string of the molecule is O=C(COc1ccc(-c2ccccc2)cc1)Nc1ccc(S(=O)(=O)N2CCCCCC2)cc1. The summed E-state index contributed by atoms with van der Waals surface area (Å²) in [5.74, 6) is 0.286. The van der Waals surface area contributed by atoms with Crippen molar-refractivity contribution in [1.82, 2.24) is 4.31 Å². The van der Waals surface area contributed by atoms with Gasteiger partial charge in [0, 0.05) is 18.8 Å². The van der Waals surface area contributed by atoms with E-state index in [0.29, 0.717) is 24.5 Å². The molecule has 1 amide bonds. The molecule has 4 rings (SSSR count). The fourth-order valence-corrected chi connectivity index (χ4v) is 5.38. The minimum atomic E-state index is -3.50. The molecule has 1 N–H and O–H groups in total. The van der Waals surface area contributed by atoms with Crippen molar-refractivity contribution < 1.29 is 17.9 Å². The molecule has 0 aliphatic carbocycles. The highest BCUT2D eigenvalue weighted by molar-refractivity contribution is 7.89. The second-order valence-electron chi connectivity index (χ2n) is 8.07. The highest BCUT2D eigenvalue weighted by Crippen LogP contribution is 2.23. The number of anilines is 1. The minimum Gasteiger partial charge on any atom is -0.484 e. The topological polar surface area (TPSA) is 75.7 Å². The van der Waals surface area contributed by atoms with Crippen molar-refractivity contribution >= 4 is 21.6 Å². The van der Waals surface area contributed by atoms with E-state index >= 15 is 0 Å². The van der Waals surface area contributed by atoms with Crippen LogP contribution in [-0.4, -0.2) is 38.3 Å². The van der Waals surface area contributed by atoms with Gasteiger partial charge in [0.15, 0.2) is 6.61 Å². The predicted molar refractivity (Wildman–Crippen MR) is 130 cm³/mol. The molecule has 33 heavy (non-hydrogen) atoms. The van der Waals surface area contributed by atoms with E-state index in [1.165, 1.54) is 0 Å². The third-order valence-corrected chi connectivity index (χ3v) is 7.59. The number of nitrogens with one attached hydrogen (secondary N) is 1. The van der Waals surface area contributed by atoms with Crippen molar-refractivity contribution in [3.8, 4) is 16.9 Å². The first-order chi connectivity index (χ1) is 16.0. The molecule has 1 aliphatic rings. The van der Waals surface area contributed by atoms with Crippen LogP contribution in [0.1, 0.15) is 25.7 Å². The second-order valence-corrected chi connectivity index (χ2v) is 10.0. The van der Waals surface area contributed by atoms with Crippen molar-refractivity contribution in [2.45, 2.75) is 30.6 Å². The summed E-state index contributed by atoms with van der Waals surface area (Å²) in [5, 5.41) is 2.75. The van der Waals surface area contributed by atoms with Crippen LogP contribution in [0.2, 0.25) is 0 Å². The number of benzene rings is 3. The molecule has 172 valence electrons. The first kappa shape index (κ1) is 23.0. The Morgan fingerprint density at radius 2 is 1.39 bits per heavy atom. The van der Waals surface area contributed by atoms with Gasteiger partial charge in [-0.3, -0.25) is 4.79 Å². The molecule has 1 heterocycles. The maximum Gasteiger partial charge on any atom is 0.262 e. The lowest BCUT2D eigenvalue weighted by atomic mass is 10.1. The number of carbonyl (C=O) groups excluding carboxylic acids is 1. The molecule has 0 radical (unpaired) electrons. The highest BCUT2D eigenvalue weighted by Gasteiger charge is 2.25. The van der Waals surface area contributed by atoms with Crippen molar-refractivity contribution in [2.24, 2.45) is 0 Å². The number of rotatable bonds is 7. The van der Waals surface area contributed by atoms with E-state index in [0.717, 1.165) is 36.8 Å². The Kier molecular flexibility index (Phi) is 7.42. The van der Waals surface area contributed by atoms with Crippen LogP contribution < -0.4 is 10.1 Å². The van der Waals surface area contributed by atoms with Crippen LogP contribution in [0.25, 0.3) is 11.1 Å². The zero-order chi connectivity index (χ0) is 23.1. The van der Waals surface area contributed by atoms with E-state index in [4.69, 9.17) is 4.74 Å². The molecular weight excluding hydrogens is 436 g/mol. The molecule has 0 atom stereocenters. The zero-order valence-corrected chi connectivity index (χ0v) is 19.3. The molecule has 7 heteroatoms. The van der Waals surface area contributed by atoms with Crippen LogP contribution in [0.5, 0.6) is 5.75 Å². The quantitative estimate of drug-likeness (QED) is 0.538. The van der Waals surface area contributed by atoms with Gasteiger partial charge in [-0.2, -0.15) is 4.31 Å². The number of amides is 1. The average molecular weight is 465 g/mol. The van der Waals surface area contributed by atoms with Gasteiger partial charge in [0.2, 0.25) is 10.0 Å². The summed E-state index contributed by atoms with van der Waals surface area (Å²) in [5.41, 5.74) is 2.71. The van der Waals surface area contributed by atoms with Crippen molar-refractivity contribution in [2.75, 3.05) is 25.0 Å². The molecule has 3 aromatic carbocycles. The van der Waals surface area contributed by atoms with Crippen LogP contribution in [0, 0.1) is 0 Å². The summed E-state index contributed by atoms with van der Waals surface area (Å²) in [6.45, 7) is 0.980. The highest BCUT2D eigenvalue weighted by atomic mass is 32.2. The number of nitrogens with zero attached hydrogens (tertiary/aromatic N) is 1. The molecule has 0 saturated carbocycles. The lowest BCUT2D eigenvalue weighted by molar-refractivity contribution is -0.118. The van der Waals surface area contributed by atoms with E-state index in [9.17, 15) is 13.2 Å². The van der Waals surface area contributed by atoms with Crippen LogP contribution in [0.4, 0.5) is 5.69 Å². The predicted octanol–water partition coefficient (Wildman–Crippen LogP) is 4.94. The Morgan fingerprint density at radius 1 is 0.788 bits per heavy atom. The summed E-state index contributed by atoms with van der Waals surface area (Å²) in [4.78, 5) is 12.5. The summed E-state index contributed by atoms with van der Waals surface area (Å²) in [6, 6.07) is 23.9. The average Bonchev–Trinajstić information content (AvgIpc) is 3.14. The Balaban J connectivity index is 1.30. The molecule has 0 bridgehead atoms. The Bertz CT molecular complexity index is 1150. The number of sulfonamides is 1. The van der Waals surface area contributed by atoms with Gasteiger partial charge in [-0.15, -0.1) is 0 Å². The largest absolute Gasteiger partial charge is 0.484 e. The van der Waals surface area contributed by atoms with Gasteiger partial charge in [-0.05, 0) is 60.4 Å². The Hall–Kier alpha value is -3.16. The van der Waals surface area contributed by atoms with Gasteiger partial charge < -0.3 is 10.1 Å². The van der Waals surface area contributed by atoms with E-state index < -0.39 is 10.0 Å². The third-order valence-electron chi connectivity index (χ3n) is 5.67. The van der Waals surface area contributed by atoms with E-state index in [1.54, 1.807) is 28.6 Å². The normalized spacial score (nSPS) is 14.9. The van der Waals surface area contributed by atoms with E-state index in [1.807, 2.05) is 54.6 Å². The molecule has 0 unspecified atom stereocenters. The van der Waals surface area contributed by atoms with Crippen LogP contribution >= 0.6 is 0 Å². The van der Waals surface area contributed by atoms with Crippen LogP contribution in [-0.2, 0) is 14.8 Å². The maximum absolute atomic E-state index is 12.9. The van der Waals surface area contributed by atoms with Crippen LogP contribution in [0.15, 0.2) is 83.8 Å². The number of ether oxygens (including phenoxy) is 1. The summed E-state index contributed by atoms with van der Waals surface area (Å²) in [6.07, 6.45) is 3.91. The standard InChI is InChI=1S/C26H28N2O4S/c29-26(20-32-24-14-10-22(11-15-24)21-8-4-3-5-9-21)27-23-12-16-25(17-13-23)33(30,31)28-18-6-1-2-7-19-28/h3-5,8-17H,1-2,6-7,18-20H2,(H,27,29). The van der Waals surface area contributed by atoms with Gasteiger partial charge in [-0.25, -0.2) is 8.42 Å².